The Bertz CT molecular complexity index is 534. The van der Waals surface area contributed by atoms with Gasteiger partial charge in [-0.25, -0.2) is 0 Å². The fourth-order valence-electron chi connectivity index (χ4n) is 3.60. The van der Waals surface area contributed by atoms with Gasteiger partial charge in [-0.05, 0) is 50.9 Å². The van der Waals surface area contributed by atoms with Crippen LogP contribution in [-0.2, 0) is 6.42 Å². The Morgan fingerprint density at radius 3 is 2.76 bits per heavy atom. The highest BCUT2D eigenvalue weighted by Gasteiger charge is 2.40. The molecule has 2 heterocycles. The monoisotopic (exact) mass is 287 g/mol. The van der Waals surface area contributed by atoms with E-state index in [-0.39, 0.29) is 5.78 Å². The van der Waals surface area contributed by atoms with Crippen LogP contribution in [0.15, 0.2) is 18.2 Å². The number of para-hydroxylation sites is 1. The lowest BCUT2D eigenvalue weighted by Gasteiger charge is -2.42. The van der Waals surface area contributed by atoms with E-state index in [2.05, 4.69) is 24.8 Å². The summed E-state index contributed by atoms with van der Waals surface area (Å²) in [6, 6.07) is 6.00. The minimum Gasteiger partial charge on any atom is -0.492 e. The number of benzene rings is 1. The molecule has 1 fully saturated rings. The Hall–Kier alpha value is -1.35. The van der Waals surface area contributed by atoms with Crippen LogP contribution in [0, 0.1) is 0 Å². The summed E-state index contributed by atoms with van der Waals surface area (Å²) < 4.78 is 5.74. The molecular formula is C18H25NO2. The number of Topliss-reactive ketones (excluding diaryl/α,β-unsaturated/α-hetero) is 1. The number of fused-ring (bicyclic) bond motifs is 1. The van der Waals surface area contributed by atoms with E-state index >= 15 is 0 Å². The minimum atomic E-state index is -0.401. The third kappa shape index (κ3) is 2.48. The highest BCUT2D eigenvalue weighted by molar-refractivity contribution is 6.05. The first-order chi connectivity index (χ1) is 10.2. The Kier molecular flexibility index (Phi) is 4.03. The first-order valence-electron chi connectivity index (χ1n) is 8.21. The number of carbonyl (C=O) groups is 1. The molecule has 21 heavy (non-hydrogen) atoms. The number of ketones is 1. The zero-order valence-corrected chi connectivity index (χ0v) is 13.2. The average molecular weight is 287 g/mol. The molecule has 2 aliphatic rings. The largest absolute Gasteiger partial charge is 0.492 e. The molecule has 114 valence electrons. The number of piperidine rings is 1. The van der Waals surface area contributed by atoms with E-state index in [0.717, 1.165) is 37.2 Å². The van der Waals surface area contributed by atoms with Crippen LogP contribution in [0.2, 0.25) is 0 Å². The predicted molar refractivity (Wildman–Crippen MR) is 84.1 cm³/mol. The van der Waals surface area contributed by atoms with Gasteiger partial charge in [-0.15, -0.1) is 0 Å². The Balaban J connectivity index is 1.94. The first-order valence-corrected chi connectivity index (χ1v) is 8.21. The van der Waals surface area contributed by atoms with Crippen molar-refractivity contribution in [3.05, 3.63) is 29.3 Å². The predicted octanol–water partition coefficient (Wildman–Crippen LogP) is 3.46. The van der Waals surface area contributed by atoms with Gasteiger partial charge >= 0.3 is 0 Å². The lowest BCUT2D eigenvalue weighted by atomic mass is 9.84. The SMILES string of the molecule is CCC(C)(C(=O)c1cccc2c1OCC2)N1CCCCC1. The third-order valence-corrected chi connectivity index (χ3v) is 5.19. The third-order valence-electron chi connectivity index (χ3n) is 5.19. The highest BCUT2D eigenvalue weighted by atomic mass is 16.5. The molecule has 1 aromatic carbocycles. The number of likely N-dealkylation sites (tertiary alicyclic amines) is 1. The lowest BCUT2D eigenvalue weighted by Crippen LogP contribution is -2.53. The van der Waals surface area contributed by atoms with E-state index in [9.17, 15) is 4.79 Å². The summed E-state index contributed by atoms with van der Waals surface area (Å²) in [6.07, 6.45) is 5.45. The average Bonchev–Trinajstić information content (AvgIpc) is 3.02. The van der Waals surface area contributed by atoms with Crippen LogP contribution in [0.5, 0.6) is 5.75 Å². The van der Waals surface area contributed by atoms with Gasteiger partial charge < -0.3 is 4.74 Å². The van der Waals surface area contributed by atoms with Gasteiger partial charge in [0.2, 0.25) is 0 Å². The molecular weight excluding hydrogens is 262 g/mol. The maximum atomic E-state index is 13.2. The van der Waals surface area contributed by atoms with Gasteiger partial charge in [0.1, 0.15) is 5.75 Å². The standard InChI is InChI=1S/C18H25NO2/c1-3-18(2,19-11-5-4-6-12-19)17(20)15-9-7-8-14-10-13-21-16(14)15/h7-9H,3-6,10-13H2,1-2H3. The fourth-order valence-corrected chi connectivity index (χ4v) is 3.60. The van der Waals surface area contributed by atoms with Crippen molar-refractivity contribution in [1.29, 1.82) is 0 Å². The second-order valence-corrected chi connectivity index (χ2v) is 6.40. The van der Waals surface area contributed by atoms with Crippen molar-refractivity contribution < 1.29 is 9.53 Å². The zero-order chi connectivity index (χ0) is 14.9. The molecule has 0 aromatic heterocycles. The quantitative estimate of drug-likeness (QED) is 0.794. The summed E-state index contributed by atoms with van der Waals surface area (Å²) in [7, 11) is 0. The van der Waals surface area contributed by atoms with Gasteiger partial charge in [0.15, 0.2) is 5.78 Å². The molecule has 3 nitrogen and oxygen atoms in total. The van der Waals surface area contributed by atoms with Gasteiger partial charge in [-0.2, -0.15) is 0 Å². The van der Waals surface area contributed by atoms with Crippen LogP contribution in [0.1, 0.15) is 55.5 Å². The number of rotatable bonds is 4. The van der Waals surface area contributed by atoms with E-state index in [0.29, 0.717) is 6.61 Å². The Morgan fingerprint density at radius 2 is 2.05 bits per heavy atom. The lowest BCUT2D eigenvalue weighted by molar-refractivity contribution is 0.0502. The van der Waals surface area contributed by atoms with Gasteiger partial charge in [0.05, 0.1) is 17.7 Å². The molecule has 2 aliphatic heterocycles. The second-order valence-electron chi connectivity index (χ2n) is 6.40. The number of ether oxygens (including phenoxy) is 1. The van der Waals surface area contributed by atoms with Gasteiger partial charge in [-0.3, -0.25) is 9.69 Å². The summed E-state index contributed by atoms with van der Waals surface area (Å²) in [4.78, 5) is 15.6. The van der Waals surface area contributed by atoms with E-state index in [1.165, 1.54) is 24.8 Å². The van der Waals surface area contributed by atoms with Gasteiger partial charge in [0, 0.05) is 6.42 Å². The summed E-state index contributed by atoms with van der Waals surface area (Å²) >= 11 is 0. The van der Waals surface area contributed by atoms with E-state index in [1.54, 1.807) is 0 Å². The van der Waals surface area contributed by atoms with Crippen LogP contribution in [0.4, 0.5) is 0 Å². The summed E-state index contributed by atoms with van der Waals surface area (Å²) in [5.74, 6) is 1.06. The molecule has 0 bridgehead atoms. The van der Waals surface area contributed by atoms with Crippen LogP contribution < -0.4 is 4.74 Å². The smallest absolute Gasteiger partial charge is 0.186 e. The maximum absolute atomic E-state index is 13.2. The molecule has 3 heteroatoms. The summed E-state index contributed by atoms with van der Waals surface area (Å²) in [5.41, 5.74) is 1.56. The Morgan fingerprint density at radius 1 is 1.29 bits per heavy atom. The van der Waals surface area contributed by atoms with E-state index in [4.69, 9.17) is 4.74 Å². The number of nitrogens with zero attached hydrogens (tertiary/aromatic N) is 1. The van der Waals surface area contributed by atoms with E-state index in [1.807, 2.05) is 12.1 Å². The van der Waals surface area contributed by atoms with Gasteiger partial charge in [0.25, 0.3) is 0 Å². The summed E-state index contributed by atoms with van der Waals surface area (Å²) in [5, 5.41) is 0. The van der Waals surface area contributed by atoms with Crippen molar-refractivity contribution in [3.63, 3.8) is 0 Å². The minimum absolute atomic E-state index is 0.227. The van der Waals surface area contributed by atoms with Gasteiger partial charge in [-0.1, -0.05) is 25.5 Å². The first kappa shape index (κ1) is 14.6. The van der Waals surface area contributed by atoms with Crippen molar-refractivity contribution in [3.8, 4) is 5.75 Å². The van der Waals surface area contributed by atoms with Crippen LogP contribution >= 0.6 is 0 Å². The molecule has 0 N–H and O–H groups in total. The van der Waals surface area contributed by atoms with Crippen molar-refractivity contribution in [2.45, 2.75) is 51.5 Å². The van der Waals surface area contributed by atoms with Crippen LogP contribution in [0.3, 0.4) is 0 Å². The molecule has 0 spiro atoms. The molecule has 1 unspecified atom stereocenters. The second kappa shape index (κ2) is 5.80. The molecule has 1 saturated heterocycles. The summed E-state index contributed by atoms with van der Waals surface area (Å²) in [6.45, 7) is 7.00. The topological polar surface area (TPSA) is 29.5 Å². The van der Waals surface area contributed by atoms with Crippen LogP contribution in [-0.4, -0.2) is 35.9 Å². The zero-order valence-electron chi connectivity index (χ0n) is 13.2. The molecule has 1 atom stereocenters. The number of hydrogen-bond acceptors (Lipinski definition) is 3. The fraction of sp³-hybridized carbons (Fsp3) is 0.611. The number of carbonyl (C=O) groups excluding carboxylic acids is 1. The van der Waals surface area contributed by atoms with E-state index < -0.39 is 5.54 Å². The van der Waals surface area contributed by atoms with Crippen molar-refractivity contribution in [2.75, 3.05) is 19.7 Å². The molecule has 0 saturated carbocycles. The molecule has 3 rings (SSSR count). The maximum Gasteiger partial charge on any atom is 0.186 e. The molecule has 0 amide bonds. The van der Waals surface area contributed by atoms with Crippen LogP contribution in [0.25, 0.3) is 0 Å². The van der Waals surface area contributed by atoms with Crippen molar-refractivity contribution in [2.24, 2.45) is 0 Å². The Labute approximate surface area is 127 Å². The van der Waals surface area contributed by atoms with Crippen molar-refractivity contribution in [1.82, 2.24) is 4.90 Å². The van der Waals surface area contributed by atoms with Crippen molar-refractivity contribution >= 4 is 5.78 Å². The molecule has 1 aromatic rings. The molecule has 0 aliphatic carbocycles. The normalized spacial score (nSPS) is 21.4. The number of hydrogen-bond donors (Lipinski definition) is 0. The molecule has 0 radical (unpaired) electrons. The highest BCUT2D eigenvalue weighted by Crippen LogP contribution is 2.35.